The smallest absolute Gasteiger partial charge is 0.250 e. The fraction of sp³-hybridized carbons (Fsp3) is 0.0526. The van der Waals surface area contributed by atoms with Crippen molar-refractivity contribution in [2.45, 2.75) is 10.1 Å². The third-order valence-electron chi connectivity index (χ3n) is 3.31. The second kappa shape index (κ2) is 8.94. The van der Waals surface area contributed by atoms with E-state index in [4.69, 9.17) is 5.26 Å². The van der Waals surface area contributed by atoms with Gasteiger partial charge in [-0.2, -0.15) is 5.26 Å². The van der Waals surface area contributed by atoms with E-state index in [2.05, 4.69) is 21.6 Å². The molecule has 7 heteroatoms. The number of nitrogens with one attached hydrogen (secondary N) is 1. The van der Waals surface area contributed by atoms with Gasteiger partial charge in [-0.3, -0.25) is 10.1 Å². The lowest BCUT2D eigenvalue weighted by molar-refractivity contribution is -0.111. The quantitative estimate of drug-likeness (QED) is 0.392. The van der Waals surface area contributed by atoms with Crippen LogP contribution in [0.2, 0.25) is 0 Å². The molecule has 5 nitrogen and oxygen atoms in total. The molecule has 1 heterocycles. The number of benzene rings is 2. The average molecular weight is 378 g/mol. The molecule has 0 saturated carbocycles. The second-order valence-electron chi connectivity index (χ2n) is 5.20. The molecular formula is C19H14N4OS2. The van der Waals surface area contributed by atoms with Gasteiger partial charge < -0.3 is 0 Å². The van der Waals surface area contributed by atoms with Gasteiger partial charge in [-0.1, -0.05) is 65.6 Å². The Morgan fingerprint density at radius 3 is 2.65 bits per heavy atom. The molecule has 0 saturated heterocycles. The topological polar surface area (TPSA) is 78.7 Å². The maximum absolute atomic E-state index is 11.9. The van der Waals surface area contributed by atoms with Crippen LogP contribution < -0.4 is 5.32 Å². The normalized spacial score (nSPS) is 10.6. The molecule has 0 unspecified atom stereocenters. The van der Waals surface area contributed by atoms with Crippen LogP contribution in [0.1, 0.15) is 16.7 Å². The van der Waals surface area contributed by atoms with Crippen LogP contribution >= 0.6 is 23.1 Å². The highest BCUT2D eigenvalue weighted by Crippen LogP contribution is 2.28. The van der Waals surface area contributed by atoms with Crippen LogP contribution in [0.5, 0.6) is 0 Å². The molecule has 3 aromatic rings. The maximum Gasteiger partial charge on any atom is 0.250 e. The van der Waals surface area contributed by atoms with Gasteiger partial charge in [-0.25, -0.2) is 0 Å². The van der Waals surface area contributed by atoms with Crippen LogP contribution in [0.25, 0.3) is 6.08 Å². The summed E-state index contributed by atoms with van der Waals surface area (Å²) in [6.07, 6.45) is 3.22. The zero-order chi connectivity index (χ0) is 18.2. The van der Waals surface area contributed by atoms with Crippen molar-refractivity contribution < 1.29 is 4.79 Å². The van der Waals surface area contributed by atoms with Gasteiger partial charge in [0.15, 0.2) is 4.34 Å². The van der Waals surface area contributed by atoms with E-state index in [0.29, 0.717) is 10.7 Å². The number of carbonyl (C=O) groups is 1. The zero-order valence-electron chi connectivity index (χ0n) is 13.6. The van der Waals surface area contributed by atoms with Gasteiger partial charge in [0, 0.05) is 11.8 Å². The third kappa shape index (κ3) is 5.28. The van der Waals surface area contributed by atoms with E-state index >= 15 is 0 Å². The first-order valence-electron chi connectivity index (χ1n) is 7.72. The van der Waals surface area contributed by atoms with Gasteiger partial charge >= 0.3 is 0 Å². The van der Waals surface area contributed by atoms with E-state index in [1.54, 1.807) is 18.2 Å². The fourth-order valence-corrected chi connectivity index (χ4v) is 3.73. The Bertz CT molecular complexity index is 944. The van der Waals surface area contributed by atoms with E-state index < -0.39 is 0 Å². The summed E-state index contributed by atoms with van der Waals surface area (Å²) in [4.78, 5) is 11.9. The van der Waals surface area contributed by atoms with Gasteiger partial charge in [0.1, 0.15) is 0 Å². The largest absolute Gasteiger partial charge is 0.297 e. The van der Waals surface area contributed by atoms with Crippen molar-refractivity contribution in [1.29, 1.82) is 5.26 Å². The summed E-state index contributed by atoms with van der Waals surface area (Å²) in [7, 11) is 0. The van der Waals surface area contributed by atoms with Crippen LogP contribution in [0.4, 0.5) is 5.13 Å². The number of aromatic nitrogens is 2. The summed E-state index contributed by atoms with van der Waals surface area (Å²) < 4.78 is 0.775. The second-order valence-corrected chi connectivity index (χ2v) is 7.40. The Kier molecular flexibility index (Phi) is 6.14. The van der Waals surface area contributed by atoms with Gasteiger partial charge in [0.2, 0.25) is 11.0 Å². The van der Waals surface area contributed by atoms with Crippen LogP contribution in [0.15, 0.2) is 65.0 Å². The molecule has 3 rings (SSSR count). The average Bonchev–Trinajstić information content (AvgIpc) is 3.13. The van der Waals surface area contributed by atoms with Crippen LogP contribution in [-0.2, 0) is 10.5 Å². The third-order valence-corrected chi connectivity index (χ3v) is 5.35. The number of thioether (sulfide) groups is 1. The van der Waals surface area contributed by atoms with Crippen molar-refractivity contribution in [2.75, 3.05) is 5.32 Å². The Labute approximate surface area is 159 Å². The van der Waals surface area contributed by atoms with E-state index in [-0.39, 0.29) is 5.91 Å². The summed E-state index contributed by atoms with van der Waals surface area (Å²) in [6.45, 7) is 0. The number of anilines is 1. The molecule has 0 spiro atoms. The van der Waals surface area contributed by atoms with Gasteiger partial charge in [-0.05, 0) is 29.3 Å². The Morgan fingerprint density at radius 1 is 1.15 bits per heavy atom. The highest BCUT2D eigenvalue weighted by atomic mass is 32.2. The predicted molar refractivity (Wildman–Crippen MR) is 105 cm³/mol. The summed E-state index contributed by atoms with van der Waals surface area (Å²) in [5.41, 5.74) is 2.70. The lowest BCUT2D eigenvalue weighted by atomic mass is 10.2. The summed E-state index contributed by atoms with van der Waals surface area (Å²) >= 11 is 2.87. The van der Waals surface area contributed by atoms with E-state index in [0.717, 1.165) is 21.2 Å². The number of hydrogen-bond acceptors (Lipinski definition) is 6. The highest BCUT2D eigenvalue weighted by Gasteiger charge is 2.07. The molecule has 128 valence electrons. The molecule has 1 N–H and O–H groups in total. The van der Waals surface area contributed by atoms with Gasteiger partial charge in [0.05, 0.1) is 11.6 Å². The lowest BCUT2D eigenvalue weighted by Crippen LogP contribution is -2.07. The van der Waals surface area contributed by atoms with Gasteiger partial charge in [0.25, 0.3) is 0 Å². The molecule has 0 bridgehead atoms. The summed E-state index contributed by atoms with van der Waals surface area (Å²) in [5.74, 6) is 0.482. The molecule has 26 heavy (non-hydrogen) atoms. The molecule has 0 aliphatic rings. The maximum atomic E-state index is 11.9. The first kappa shape index (κ1) is 17.9. The molecule has 0 fully saturated rings. The van der Waals surface area contributed by atoms with E-state index in [1.807, 2.05) is 42.5 Å². The number of carbonyl (C=O) groups excluding carboxylic acids is 1. The van der Waals surface area contributed by atoms with Crippen LogP contribution in [-0.4, -0.2) is 16.1 Å². The number of rotatable bonds is 6. The first-order valence-corrected chi connectivity index (χ1v) is 9.52. The Balaban J connectivity index is 1.51. The summed E-state index contributed by atoms with van der Waals surface area (Å²) in [6, 6.07) is 19.1. The number of hydrogen-bond donors (Lipinski definition) is 1. The van der Waals surface area contributed by atoms with E-state index in [9.17, 15) is 4.79 Å². The number of nitrogens with zero attached hydrogens (tertiary/aromatic N) is 3. The lowest BCUT2D eigenvalue weighted by Gasteiger charge is -1.98. The van der Waals surface area contributed by atoms with Crippen molar-refractivity contribution in [3.63, 3.8) is 0 Å². The molecule has 2 aromatic carbocycles. The van der Waals surface area contributed by atoms with Crippen molar-refractivity contribution in [3.05, 3.63) is 77.4 Å². The molecule has 0 aliphatic carbocycles. The van der Waals surface area contributed by atoms with Crippen LogP contribution in [0.3, 0.4) is 0 Å². The highest BCUT2D eigenvalue weighted by molar-refractivity contribution is 8.00. The molecular weight excluding hydrogens is 364 g/mol. The number of amides is 1. The Hall–Kier alpha value is -2.95. The monoisotopic (exact) mass is 378 g/mol. The molecule has 0 atom stereocenters. The zero-order valence-corrected chi connectivity index (χ0v) is 15.3. The van der Waals surface area contributed by atoms with Crippen molar-refractivity contribution in [3.8, 4) is 6.07 Å². The molecule has 1 amide bonds. The minimum Gasteiger partial charge on any atom is -0.297 e. The fourth-order valence-electron chi connectivity index (χ4n) is 2.02. The van der Waals surface area contributed by atoms with Gasteiger partial charge in [-0.15, -0.1) is 10.2 Å². The molecule has 0 aliphatic heterocycles. The minimum absolute atomic E-state index is 0.242. The van der Waals surface area contributed by atoms with Crippen molar-refractivity contribution in [2.24, 2.45) is 0 Å². The Morgan fingerprint density at radius 2 is 1.92 bits per heavy atom. The van der Waals surface area contributed by atoms with Crippen LogP contribution in [0, 0.1) is 11.3 Å². The SMILES string of the molecule is N#Cc1ccc(CSc2nnc(NC(=O)C=Cc3ccccc3)s2)cc1. The molecule has 1 aromatic heterocycles. The van der Waals surface area contributed by atoms with Crippen molar-refractivity contribution in [1.82, 2.24) is 10.2 Å². The minimum atomic E-state index is -0.242. The van der Waals surface area contributed by atoms with Crippen molar-refractivity contribution >= 4 is 40.2 Å². The molecule has 0 radical (unpaired) electrons. The number of nitriles is 1. The first-order chi connectivity index (χ1) is 12.7. The van der Waals surface area contributed by atoms with E-state index in [1.165, 1.54) is 29.2 Å². The summed E-state index contributed by atoms with van der Waals surface area (Å²) in [5, 5.41) is 20.1. The predicted octanol–water partition coefficient (Wildman–Crippen LogP) is 4.35. The standard InChI is InChI=1S/C19H14N4OS2/c20-12-15-6-8-16(9-7-15)13-25-19-23-22-18(26-19)21-17(24)11-10-14-4-2-1-3-5-14/h1-11H,13H2,(H,21,22,24).